The van der Waals surface area contributed by atoms with Crippen molar-refractivity contribution in [3.63, 3.8) is 0 Å². The average molecular weight is 302 g/mol. The van der Waals surface area contributed by atoms with E-state index < -0.39 is 0 Å². The summed E-state index contributed by atoms with van der Waals surface area (Å²) in [5.74, 6) is 2.29. The highest BCUT2D eigenvalue weighted by molar-refractivity contribution is 5.69. The Labute approximate surface area is 134 Å². The molecule has 0 unspecified atom stereocenters. The van der Waals surface area contributed by atoms with Crippen LogP contribution in [0.5, 0.6) is 23.1 Å². The zero-order valence-electron chi connectivity index (χ0n) is 12.6. The van der Waals surface area contributed by atoms with Gasteiger partial charge in [0.2, 0.25) is 0 Å². The lowest BCUT2D eigenvalue weighted by molar-refractivity contribution is 0.343. The molecule has 23 heavy (non-hydrogen) atoms. The Bertz CT molecular complexity index is 903. The number of hydrogen-bond donors (Lipinski definition) is 0. The van der Waals surface area contributed by atoms with Crippen LogP contribution in [-0.4, -0.2) is 10.2 Å². The van der Waals surface area contributed by atoms with Crippen LogP contribution in [0.3, 0.4) is 0 Å². The number of fused-ring (bicyclic) bond motifs is 2. The summed E-state index contributed by atoms with van der Waals surface area (Å²) in [4.78, 5) is 0. The number of hydrogen-bond acceptors (Lipinski definition) is 4. The largest absolute Gasteiger partial charge is 0.448 e. The molecule has 112 valence electrons. The lowest BCUT2D eigenvalue weighted by Gasteiger charge is -2.18. The Kier molecular flexibility index (Phi) is 3.27. The van der Waals surface area contributed by atoms with Gasteiger partial charge in [0, 0.05) is 6.07 Å². The number of rotatable bonds is 2. The van der Waals surface area contributed by atoms with Crippen molar-refractivity contribution in [1.82, 2.24) is 10.2 Å². The van der Waals surface area contributed by atoms with Gasteiger partial charge < -0.3 is 9.47 Å². The van der Waals surface area contributed by atoms with E-state index in [4.69, 9.17) is 9.47 Å². The van der Waals surface area contributed by atoms with E-state index in [1.165, 1.54) is 5.56 Å². The molecule has 0 saturated carbocycles. The van der Waals surface area contributed by atoms with Crippen molar-refractivity contribution in [2.24, 2.45) is 0 Å². The Hall–Kier alpha value is -3.14. The van der Waals surface area contributed by atoms with Gasteiger partial charge in [-0.25, -0.2) is 0 Å². The smallest absolute Gasteiger partial charge is 0.282 e. The molecule has 0 fully saturated rings. The van der Waals surface area contributed by atoms with Crippen LogP contribution in [-0.2, 0) is 0 Å². The van der Waals surface area contributed by atoms with Gasteiger partial charge in [0.1, 0.15) is 0 Å². The number of nitrogens with zero attached hydrogens (tertiary/aromatic N) is 2. The van der Waals surface area contributed by atoms with E-state index in [2.05, 4.69) is 29.3 Å². The first-order valence-electron chi connectivity index (χ1n) is 7.35. The molecule has 0 amide bonds. The van der Waals surface area contributed by atoms with Gasteiger partial charge in [0.25, 0.3) is 5.88 Å². The van der Waals surface area contributed by atoms with Crippen LogP contribution in [0.4, 0.5) is 0 Å². The molecule has 2 aromatic carbocycles. The molecule has 0 atom stereocenters. The Morgan fingerprint density at radius 2 is 1.61 bits per heavy atom. The predicted molar refractivity (Wildman–Crippen MR) is 88.7 cm³/mol. The topological polar surface area (TPSA) is 44.2 Å². The van der Waals surface area contributed by atoms with Gasteiger partial charge in [-0.1, -0.05) is 48.0 Å². The molecule has 0 saturated heterocycles. The molecular formula is C19H14N2O2. The van der Waals surface area contributed by atoms with Crippen molar-refractivity contribution < 1.29 is 9.47 Å². The van der Waals surface area contributed by atoms with E-state index in [0.29, 0.717) is 28.8 Å². The van der Waals surface area contributed by atoms with E-state index >= 15 is 0 Å². The second kappa shape index (κ2) is 5.57. The Balaban J connectivity index is 1.61. The van der Waals surface area contributed by atoms with Crippen LogP contribution >= 0.6 is 0 Å². The minimum atomic E-state index is 0.386. The van der Waals surface area contributed by atoms with Gasteiger partial charge in [-0.05, 0) is 30.7 Å². The van der Waals surface area contributed by atoms with Crippen LogP contribution in [0.2, 0.25) is 0 Å². The second-order valence-corrected chi connectivity index (χ2v) is 5.34. The van der Waals surface area contributed by atoms with Gasteiger partial charge in [-0.15, -0.1) is 10.2 Å². The number of para-hydroxylation sites is 2. The quantitative estimate of drug-likeness (QED) is 0.531. The molecule has 3 aromatic rings. The maximum atomic E-state index is 5.83. The molecule has 0 radical (unpaired) electrons. The van der Waals surface area contributed by atoms with Crippen molar-refractivity contribution in [3.05, 3.63) is 71.4 Å². The summed E-state index contributed by atoms with van der Waals surface area (Å²) in [5, 5.41) is 8.26. The molecule has 4 heteroatoms. The highest BCUT2D eigenvalue weighted by Crippen LogP contribution is 2.43. The summed E-state index contributed by atoms with van der Waals surface area (Å²) >= 11 is 0. The first-order chi connectivity index (χ1) is 11.3. The first-order valence-corrected chi connectivity index (χ1v) is 7.35. The molecule has 0 N–H and O–H groups in total. The molecule has 1 aliphatic heterocycles. The summed E-state index contributed by atoms with van der Waals surface area (Å²) in [6.45, 7) is 2.07. The maximum absolute atomic E-state index is 5.83. The van der Waals surface area contributed by atoms with Crippen LogP contribution in [0, 0.1) is 6.92 Å². The van der Waals surface area contributed by atoms with Gasteiger partial charge in [-0.2, -0.15) is 0 Å². The van der Waals surface area contributed by atoms with Crippen LogP contribution in [0.15, 0.2) is 54.6 Å². The summed E-state index contributed by atoms with van der Waals surface area (Å²) in [6, 6.07) is 17.6. The monoisotopic (exact) mass is 302 g/mol. The summed E-state index contributed by atoms with van der Waals surface area (Å²) in [6.07, 6.45) is 3.91. The fourth-order valence-corrected chi connectivity index (χ4v) is 2.40. The average Bonchev–Trinajstić information content (AvgIpc) is 2.58. The molecule has 4 rings (SSSR count). The van der Waals surface area contributed by atoms with E-state index in [-0.39, 0.29) is 0 Å². The second-order valence-electron chi connectivity index (χ2n) is 5.34. The highest BCUT2D eigenvalue weighted by atomic mass is 16.6. The summed E-state index contributed by atoms with van der Waals surface area (Å²) < 4.78 is 11.5. The lowest BCUT2D eigenvalue weighted by atomic mass is 10.1. The van der Waals surface area contributed by atoms with Crippen molar-refractivity contribution in [2.75, 3.05) is 0 Å². The third-order valence-corrected chi connectivity index (χ3v) is 3.51. The van der Waals surface area contributed by atoms with E-state index in [0.717, 1.165) is 5.56 Å². The van der Waals surface area contributed by atoms with Crippen molar-refractivity contribution in [2.45, 2.75) is 6.92 Å². The van der Waals surface area contributed by atoms with Crippen LogP contribution in [0.25, 0.3) is 12.2 Å². The first kappa shape index (κ1) is 13.5. The molecule has 0 bridgehead atoms. The molecule has 0 spiro atoms. The van der Waals surface area contributed by atoms with Gasteiger partial charge in [-0.3, -0.25) is 0 Å². The fourth-order valence-electron chi connectivity index (χ4n) is 2.40. The van der Waals surface area contributed by atoms with Crippen LogP contribution < -0.4 is 9.47 Å². The van der Waals surface area contributed by atoms with Crippen molar-refractivity contribution in [1.29, 1.82) is 0 Å². The predicted octanol–water partition coefficient (Wildman–Crippen LogP) is 4.85. The SMILES string of the molecule is Cc1cccc(C=Cc2cc3c(nn2)Oc2ccccc2O3)c1. The normalized spacial score (nSPS) is 12.2. The standard InChI is InChI=1S/C19H14N2O2/c1-13-5-4-6-14(11-13)9-10-15-12-18-19(21-20-15)23-17-8-3-2-7-16(17)22-18/h2-12H,1H3. The van der Waals surface area contributed by atoms with E-state index in [1.54, 1.807) is 0 Å². The minimum Gasteiger partial charge on any atom is -0.448 e. The van der Waals surface area contributed by atoms with E-state index in [9.17, 15) is 0 Å². The minimum absolute atomic E-state index is 0.386. The summed E-state index contributed by atoms with van der Waals surface area (Å²) in [7, 11) is 0. The fraction of sp³-hybridized carbons (Fsp3) is 0.0526. The number of aryl methyl sites for hydroxylation is 1. The third kappa shape index (κ3) is 2.79. The molecule has 4 nitrogen and oxygen atoms in total. The van der Waals surface area contributed by atoms with Crippen molar-refractivity contribution in [3.8, 4) is 23.1 Å². The third-order valence-electron chi connectivity index (χ3n) is 3.51. The molecule has 0 aliphatic carbocycles. The van der Waals surface area contributed by atoms with E-state index in [1.807, 2.05) is 54.6 Å². The number of benzene rings is 2. The molecule has 2 heterocycles. The Morgan fingerprint density at radius 3 is 2.43 bits per heavy atom. The molecule has 1 aromatic heterocycles. The highest BCUT2D eigenvalue weighted by Gasteiger charge is 2.20. The van der Waals surface area contributed by atoms with Crippen molar-refractivity contribution >= 4 is 12.2 Å². The van der Waals surface area contributed by atoms with Gasteiger partial charge in [0.05, 0.1) is 5.69 Å². The molecule has 1 aliphatic rings. The summed E-state index contributed by atoms with van der Waals surface area (Å²) in [5.41, 5.74) is 3.05. The lowest BCUT2D eigenvalue weighted by Crippen LogP contribution is -2.02. The number of ether oxygens (including phenoxy) is 2. The zero-order valence-corrected chi connectivity index (χ0v) is 12.6. The Morgan fingerprint density at radius 1 is 0.783 bits per heavy atom. The maximum Gasteiger partial charge on any atom is 0.282 e. The number of aromatic nitrogens is 2. The van der Waals surface area contributed by atoms with Gasteiger partial charge in [0.15, 0.2) is 17.2 Å². The zero-order chi connectivity index (χ0) is 15.6. The van der Waals surface area contributed by atoms with Crippen LogP contribution in [0.1, 0.15) is 16.8 Å². The molecular weight excluding hydrogens is 288 g/mol. The van der Waals surface area contributed by atoms with Gasteiger partial charge >= 0.3 is 0 Å².